The van der Waals surface area contributed by atoms with Gasteiger partial charge < -0.3 is 10.6 Å². The molecule has 0 radical (unpaired) electrons. The maximum atomic E-state index is 11.9. The molecule has 118 valence electrons. The maximum absolute atomic E-state index is 11.9. The second kappa shape index (κ2) is 6.60. The van der Waals surface area contributed by atoms with Gasteiger partial charge in [-0.15, -0.1) is 0 Å². The number of rotatable bonds is 4. The van der Waals surface area contributed by atoms with Crippen LogP contribution in [0.2, 0.25) is 0 Å². The molecule has 0 aliphatic rings. The number of sulfonamides is 1. The molecule has 7 nitrogen and oxygen atoms in total. The third-order valence-electron chi connectivity index (χ3n) is 2.42. The van der Waals surface area contributed by atoms with E-state index in [4.69, 9.17) is 10.4 Å². The van der Waals surface area contributed by atoms with Crippen LogP contribution in [0.15, 0.2) is 40.9 Å². The van der Waals surface area contributed by atoms with Crippen molar-refractivity contribution >= 4 is 21.6 Å². The largest absolute Gasteiger partial charge is 0.360 e. The second-order valence-electron chi connectivity index (χ2n) is 5.59. The number of carbonyl (C=O) groups excluding carboxylic acids is 1. The van der Waals surface area contributed by atoms with E-state index in [-0.39, 0.29) is 10.5 Å². The van der Waals surface area contributed by atoms with E-state index in [9.17, 15) is 13.2 Å². The van der Waals surface area contributed by atoms with Gasteiger partial charge in [-0.3, -0.25) is 4.79 Å². The fraction of sp³-hybridized carbons (Fsp3) is 0.286. The first-order chi connectivity index (χ1) is 10.0. The number of benzene rings is 1. The van der Waals surface area contributed by atoms with Gasteiger partial charge in [-0.2, -0.15) is 5.26 Å². The Hall–Kier alpha value is -2.37. The van der Waals surface area contributed by atoms with E-state index in [0.717, 1.165) is 0 Å². The van der Waals surface area contributed by atoms with E-state index < -0.39 is 21.5 Å². The standard InChI is InChI=1S/C14H18N4O3S/c1-14(2,3)18-13(19)10(8-15)9-17-11-4-6-12(7-5-11)22(16,20)21/h4-7,9,17H,1-3H3,(H,18,19)(H2,16,20,21)/b10-9-. The molecule has 0 aliphatic heterocycles. The molecule has 0 saturated heterocycles. The van der Waals surface area contributed by atoms with E-state index >= 15 is 0 Å². The van der Waals surface area contributed by atoms with Gasteiger partial charge in [-0.05, 0) is 45.0 Å². The summed E-state index contributed by atoms with van der Waals surface area (Å²) >= 11 is 0. The summed E-state index contributed by atoms with van der Waals surface area (Å²) in [5.41, 5.74) is -0.0291. The highest BCUT2D eigenvalue weighted by atomic mass is 32.2. The minimum Gasteiger partial charge on any atom is -0.360 e. The van der Waals surface area contributed by atoms with Gasteiger partial charge in [0.05, 0.1) is 4.90 Å². The smallest absolute Gasteiger partial charge is 0.263 e. The van der Waals surface area contributed by atoms with Crippen molar-refractivity contribution in [2.75, 3.05) is 5.32 Å². The van der Waals surface area contributed by atoms with Gasteiger partial charge in [0, 0.05) is 17.4 Å². The van der Waals surface area contributed by atoms with Gasteiger partial charge in [0.2, 0.25) is 10.0 Å². The highest BCUT2D eigenvalue weighted by Gasteiger charge is 2.17. The van der Waals surface area contributed by atoms with Crippen molar-refractivity contribution in [2.24, 2.45) is 5.14 Å². The summed E-state index contributed by atoms with van der Waals surface area (Å²) in [6, 6.07) is 7.41. The molecule has 0 atom stereocenters. The topological polar surface area (TPSA) is 125 Å². The Morgan fingerprint density at radius 2 is 1.82 bits per heavy atom. The molecule has 1 aromatic carbocycles. The number of nitrogens with two attached hydrogens (primary N) is 1. The van der Waals surface area contributed by atoms with Crippen molar-refractivity contribution in [3.8, 4) is 6.07 Å². The maximum Gasteiger partial charge on any atom is 0.263 e. The van der Waals surface area contributed by atoms with E-state index in [1.807, 2.05) is 0 Å². The van der Waals surface area contributed by atoms with Crippen LogP contribution in [0.4, 0.5) is 5.69 Å². The summed E-state index contributed by atoms with van der Waals surface area (Å²) in [6.07, 6.45) is 1.26. The third kappa shape index (κ3) is 5.55. The molecule has 0 aromatic heterocycles. The lowest BCUT2D eigenvalue weighted by atomic mass is 10.1. The monoisotopic (exact) mass is 322 g/mol. The summed E-state index contributed by atoms with van der Waals surface area (Å²) in [7, 11) is -3.75. The summed E-state index contributed by atoms with van der Waals surface area (Å²) in [6.45, 7) is 5.41. The minimum absolute atomic E-state index is 0.0204. The average molecular weight is 322 g/mol. The molecule has 0 unspecified atom stereocenters. The van der Waals surface area contributed by atoms with Crippen LogP contribution in [0.25, 0.3) is 0 Å². The average Bonchev–Trinajstić information content (AvgIpc) is 2.37. The number of nitrogens with one attached hydrogen (secondary N) is 2. The van der Waals surface area contributed by atoms with Gasteiger partial charge in [-0.1, -0.05) is 0 Å². The van der Waals surface area contributed by atoms with Crippen LogP contribution < -0.4 is 15.8 Å². The van der Waals surface area contributed by atoms with Crippen molar-refractivity contribution in [1.82, 2.24) is 5.32 Å². The molecule has 8 heteroatoms. The van der Waals surface area contributed by atoms with E-state index in [2.05, 4.69) is 10.6 Å². The Labute approximate surface area is 129 Å². The Bertz CT molecular complexity index is 723. The minimum atomic E-state index is -3.75. The number of amides is 1. The van der Waals surface area contributed by atoms with Crippen LogP contribution in [0.5, 0.6) is 0 Å². The summed E-state index contributed by atoms with van der Waals surface area (Å²) in [5, 5.41) is 19.4. The van der Waals surface area contributed by atoms with Crippen LogP contribution in [-0.4, -0.2) is 19.9 Å². The quantitative estimate of drug-likeness (QED) is 0.565. The highest BCUT2D eigenvalue weighted by molar-refractivity contribution is 7.89. The van der Waals surface area contributed by atoms with Crippen LogP contribution in [-0.2, 0) is 14.8 Å². The lowest BCUT2D eigenvalue weighted by molar-refractivity contribution is -0.118. The van der Waals surface area contributed by atoms with E-state index in [0.29, 0.717) is 5.69 Å². The molecular formula is C14H18N4O3S. The number of anilines is 1. The highest BCUT2D eigenvalue weighted by Crippen LogP contribution is 2.13. The fourth-order valence-corrected chi connectivity index (χ4v) is 1.97. The number of carbonyl (C=O) groups is 1. The molecule has 1 amide bonds. The lowest BCUT2D eigenvalue weighted by Gasteiger charge is -2.20. The van der Waals surface area contributed by atoms with Crippen molar-refractivity contribution in [3.05, 3.63) is 36.0 Å². The first-order valence-electron chi connectivity index (χ1n) is 6.35. The van der Waals surface area contributed by atoms with Crippen LogP contribution in [0, 0.1) is 11.3 Å². The number of primary sulfonamides is 1. The number of hydrogen-bond donors (Lipinski definition) is 3. The molecular weight excluding hydrogens is 304 g/mol. The molecule has 0 saturated carbocycles. The first kappa shape index (κ1) is 17.7. The zero-order valence-electron chi connectivity index (χ0n) is 12.5. The van der Waals surface area contributed by atoms with E-state index in [1.54, 1.807) is 26.8 Å². The summed E-state index contributed by atoms with van der Waals surface area (Å²) < 4.78 is 22.3. The van der Waals surface area contributed by atoms with Gasteiger partial charge in [-0.25, -0.2) is 13.6 Å². The van der Waals surface area contributed by atoms with Crippen molar-refractivity contribution in [1.29, 1.82) is 5.26 Å². The normalized spacial score (nSPS) is 12.4. The molecule has 0 spiro atoms. The molecule has 0 aliphatic carbocycles. The molecule has 0 bridgehead atoms. The summed E-state index contributed by atoms with van der Waals surface area (Å²) in [5.74, 6) is -0.497. The SMILES string of the molecule is CC(C)(C)NC(=O)/C(C#N)=C\Nc1ccc(S(N)(=O)=O)cc1. The second-order valence-corrected chi connectivity index (χ2v) is 7.15. The van der Waals surface area contributed by atoms with Gasteiger partial charge >= 0.3 is 0 Å². The predicted molar refractivity (Wildman–Crippen MR) is 83.0 cm³/mol. The van der Waals surface area contributed by atoms with Gasteiger partial charge in [0.25, 0.3) is 5.91 Å². The zero-order valence-corrected chi connectivity index (χ0v) is 13.4. The molecule has 4 N–H and O–H groups in total. The fourth-order valence-electron chi connectivity index (χ4n) is 1.45. The number of nitriles is 1. The van der Waals surface area contributed by atoms with Gasteiger partial charge in [0.1, 0.15) is 11.6 Å². The molecule has 1 rings (SSSR count). The van der Waals surface area contributed by atoms with Crippen LogP contribution in [0.1, 0.15) is 20.8 Å². The number of nitrogens with zero attached hydrogens (tertiary/aromatic N) is 1. The van der Waals surface area contributed by atoms with Crippen LogP contribution >= 0.6 is 0 Å². The van der Waals surface area contributed by atoms with Crippen molar-refractivity contribution < 1.29 is 13.2 Å². The summed E-state index contributed by atoms with van der Waals surface area (Å²) in [4.78, 5) is 11.8. The van der Waals surface area contributed by atoms with Crippen molar-refractivity contribution in [2.45, 2.75) is 31.2 Å². The lowest BCUT2D eigenvalue weighted by Crippen LogP contribution is -2.41. The Kier molecular flexibility index (Phi) is 5.30. The molecule has 0 heterocycles. The third-order valence-corrected chi connectivity index (χ3v) is 3.35. The Balaban J connectivity index is 2.86. The molecule has 1 aromatic rings. The number of hydrogen-bond acceptors (Lipinski definition) is 5. The van der Waals surface area contributed by atoms with Crippen LogP contribution in [0.3, 0.4) is 0 Å². The zero-order chi connectivity index (χ0) is 17.0. The first-order valence-corrected chi connectivity index (χ1v) is 7.90. The molecule has 0 fully saturated rings. The Morgan fingerprint density at radius 1 is 1.27 bits per heavy atom. The predicted octanol–water partition coefficient (Wildman–Crippen LogP) is 1.07. The molecule has 22 heavy (non-hydrogen) atoms. The van der Waals surface area contributed by atoms with Gasteiger partial charge in [0.15, 0.2) is 0 Å². The van der Waals surface area contributed by atoms with Crippen molar-refractivity contribution in [3.63, 3.8) is 0 Å². The Morgan fingerprint density at radius 3 is 2.23 bits per heavy atom. The van der Waals surface area contributed by atoms with E-state index in [1.165, 1.54) is 30.5 Å².